The fraction of sp³-hybridized carbons (Fsp3) is 0.650. The van der Waals surface area contributed by atoms with Crippen LogP contribution in [0.4, 0.5) is 0 Å². The molecule has 0 radical (unpaired) electrons. The monoisotopic (exact) mass is 333 g/mol. The molecule has 1 aliphatic heterocycles. The van der Waals surface area contributed by atoms with Crippen molar-refractivity contribution in [3.63, 3.8) is 0 Å². The molecule has 1 aromatic carbocycles. The molecular formula is C20H31NO3. The number of hydrogen-bond acceptors (Lipinski definition) is 4. The summed E-state index contributed by atoms with van der Waals surface area (Å²) in [6, 6.07) is 4.53. The number of carbonyl (C=O) groups is 1. The van der Waals surface area contributed by atoms with Crippen molar-refractivity contribution in [2.75, 3.05) is 14.2 Å². The molecule has 134 valence electrons. The number of hydrogen-bond donors (Lipinski definition) is 1. The fourth-order valence-electron chi connectivity index (χ4n) is 4.29. The summed E-state index contributed by atoms with van der Waals surface area (Å²) in [5, 5.41) is 3.43. The summed E-state index contributed by atoms with van der Waals surface area (Å²) in [6.45, 7) is 8.00. The van der Waals surface area contributed by atoms with Crippen LogP contribution in [0.3, 0.4) is 0 Å². The average molecular weight is 333 g/mol. The second-order valence-corrected chi connectivity index (χ2v) is 6.00. The van der Waals surface area contributed by atoms with Gasteiger partial charge >= 0.3 is 0 Å². The van der Waals surface area contributed by atoms with Gasteiger partial charge in [0.25, 0.3) is 0 Å². The van der Waals surface area contributed by atoms with Gasteiger partial charge in [0.1, 0.15) is 0 Å². The van der Waals surface area contributed by atoms with Gasteiger partial charge < -0.3 is 14.8 Å². The highest BCUT2D eigenvalue weighted by atomic mass is 16.5. The van der Waals surface area contributed by atoms with E-state index in [1.165, 1.54) is 11.1 Å². The van der Waals surface area contributed by atoms with Crippen LogP contribution in [0.1, 0.15) is 57.6 Å². The molecule has 4 unspecified atom stereocenters. The third-order valence-electron chi connectivity index (χ3n) is 5.20. The van der Waals surface area contributed by atoms with Crippen molar-refractivity contribution in [3.8, 4) is 11.5 Å². The molecule has 1 aromatic rings. The Balaban J connectivity index is 0.000000487. The molecular weight excluding hydrogens is 302 g/mol. The first-order chi connectivity index (χ1) is 11.7. The average Bonchev–Trinajstić information content (AvgIpc) is 3.06. The third kappa shape index (κ3) is 2.81. The minimum Gasteiger partial charge on any atom is -0.493 e. The number of nitrogens with one attached hydrogen (secondary N) is 1. The van der Waals surface area contributed by atoms with Crippen molar-refractivity contribution in [1.82, 2.24) is 5.32 Å². The molecule has 2 aliphatic carbocycles. The molecule has 4 atom stereocenters. The molecule has 1 heterocycles. The third-order valence-corrected chi connectivity index (χ3v) is 5.20. The van der Waals surface area contributed by atoms with E-state index in [4.69, 9.17) is 9.47 Å². The molecule has 1 N–H and O–H groups in total. The van der Waals surface area contributed by atoms with Gasteiger partial charge in [-0.15, -0.1) is 0 Å². The summed E-state index contributed by atoms with van der Waals surface area (Å²) in [4.78, 5) is 12.2. The van der Waals surface area contributed by atoms with Crippen molar-refractivity contribution in [3.05, 3.63) is 23.3 Å². The van der Waals surface area contributed by atoms with Crippen LogP contribution >= 0.6 is 0 Å². The van der Waals surface area contributed by atoms with E-state index in [1.54, 1.807) is 7.11 Å². The van der Waals surface area contributed by atoms with E-state index in [9.17, 15) is 4.79 Å². The highest BCUT2D eigenvalue weighted by Crippen LogP contribution is 2.55. The van der Waals surface area contributed by atoms with E-state index in [0.717, 1.165) is 24.3 Å². The minimum absolute atomic E-state index is 0.211. The van der Waals surface area contributed by atoms with Crippen molar-refractivity contribution >= 4 is 5.78 Å². The van der Waals surface area contributed by atoms with Crippen LogP contribution in [0.25, 0.3) is 0 Å². The van der Waals surface area contributed by atoms with E-state index in [-0.39, 0.29) is 17.8 Å². The van der Waals surface area contributed by atoms with Gasteiger partial charge in [-0.05, 0) is 37.4 Å². The van der Waals surface area contributed by atoms with Crippen LogP contribution < -0.4 is 14.8 Å². The summed E-state index contributed by atoms with van der Waals surface area (Å²) >= 11 is 0. The van der Waals surface area contributed by atoms with Gasteiger partial charge in [0.05, 0.1) is 7.11 Å². The topological polar surface area (TPSA) is 47.6 Å². The van der Waals surface area contributed by atoms with E-state index >= 15 is 0 Å². The van der Waals surface area contributed by atoms with E-state index in [1.807, 2.05) is 40.8 Å². The lowest BCUT2D eigenvalue weighted by molar-refractivity contribution is -0.129. The first kappa shape index (κ1) is 18.8. The molecule has 0 bridgehead atoms. The second kappa shape index (κ2) is 8.02. The van der Waals surface area contributed by atoms with E-state index < -0.39 is 0 Å². The molecule has 0 amide bonds. The smallest absolute Gasteiger partial charge is 0.173 e. The lowest BCUT2D eigenvalue weighted by Crippen LogP contribution is -2.49. The number of ketones is 1. The molecule has 0 aromatic heterocycles. The summed E-state index contributed by atoms with van der Waals surface area (Å²) in [5.41, 5.74) is 2.54. The van der Waals surface area contributed by atoms with Crippen LogP contribution in [0.2, 0.25) is 0 Å². The van der Waals surface area contributed by atoms with Crippen LogP contribution in [0.5, 0.6) is 11.5 Å². The number of likely N-dealkylation sites (N-methyl/N-ethyl adjacent to an activating group) is 1. The fourth-order valence-corrected chi connectivity index (χ4v) is 4.29. The summed E-state index contributed by atoms with van der Waals surface area (Å²) in [5.74, 6) is 2.51. The lowest BCUT2D eigenvalue weighted by atomic mass is 9.65. The Morgan fingerprint density at radius 3 is 2.54 bits per heavy atom. The number of benzene rings is 1. The zero-order valence-electron chi connectivity index (χ0n) is 15.8. The van der Waals surface area contributed by atoms with Gasteiger partial charge in [-0.25, -0.2) is 0 Å². The maximum absolute atomic E-state index is 12.2. The second-order valence-electron chi connectivity index (χ2n) is 6.00. The minimum atomic E-state index is -0.296. The Bertz CT molecular complexity index is 584. The van der Waals surface area contributed by atoms with Gasteiger partial charge in [0.2, 0.25) is 0 Å². The number of methoxy groups -OCH3 is 1. The Labute approximate surface area is 145 Å². The van der Waals surface area contributed by atoms with Gasteiger partial charge in [-0.2, -0.15) is 0 Å². The van der Waals surface area contributed by atoms with Gasteiger partial charge in [-0.3, -0.25) is 4.79 Å². The molecule has 1 fully saturated rings. The van der Waals surface area contributed by atoms with Crippen molar-refractivity contribution in [1.29, 1.82) is 0 Å². The Hall–Kier alpha value is -1.55. The predicted molar refractivity (Wildman–Crippen MR) is 97.1 cm³/mol. The standard InChI is InChI=1S/C16H19NO3.2C2H6/c1-17-10-7-8-3-6-12(19-2)16-13(8)14-9(10)4-5-11(18)15(14)20-16;2*1-2/h3,6,9-10,14-15,17H,4-5,7H2,1-2H3;2*1-2H3. The van der Waals surface area contributed by atoms with Gasteiger partial charge in [0, 0.05) is 23.9 Å². The first-order valence-corrected chi connectivity index (χ1v) is 9.31. The number of Topliss-reactive ketones (excluding diaryl/α,β-unsaturated/α-hetero) is 1. The zero-order valence-corrected chi connectivity index (χ0v) is 15.8. The van der Waals surface area contributed by atoms with Gasteiger partial charge in [-0.1, -0.05) is 33.8 Å². The SMILES string of the molecule is CC.CC.CNC1Cc2ccc(OC)c3c2C2C(O3)C(=O)CCC12. The lowest BCUT2D eigenvalue weighted by Gasteiger charge is -2.41. The van der Waals surface area contributed by atoms with Gasteiger partial charge in [0.15, 0.2) is 23.4 Å². The number of carbonyl (C=O) groups excluding carboxylic acids is 1. The molecule has 0 saturated heterocycles. The predicted octanol–water partition coefficient (Wildman–Crippen LogP) is 3.72. The number of ether oxygens (including phenoxy) is 2. The Morgan fingerprint density at radius 1 is 1.21 bits per heavy atom. The molecule has 4 nitrogen and oxygen atoms in total. The molecule has 4 heteroatoms. The quantitative estimate of drug-likeness (QED) is 0.896. The Kier molecular flexibility index (Phi) is 6.27. The summed E-state index contributed by atoms with van der Waals surface area (Å²) in [7, 11) is 3.67. The maximum atomic E-state index is 12.2. The highest BCUT2D eigenvalue weighted by molar-refractivity contribution is 5.87. The van der Waals surface area contributed by atoms with E-state index in [0.29, 0.717) is 18.4 Å². The van der Waals surface area contributed by atoms with Crippen LogP contribution in [-0.4, -0.2) is 32.1 Å². The molecule has 1 saturated carbocycles. The summed E-state index contributed by atoms with van der Waals surface area (Å²) in [6.07, 6.45) is 2.31. The molecule has 3 aliphatic rings. The molecule has 4 rings (SSSR count). The van der Waals surface area contributed by atoms with Crippen molar-refractivity contribution < 1.29 is 14.3 Å². The van der Waals surface area contributed by atoms with E-state index in [2.05, 4.69) is 11.4 Å². The van der Waals surface area contributed by atoms with Crippen molar-refractivity contribution in [2.45, 2.75) is 65.0 Å². The number of rotatable bonds is 2. The first-order valence-electron chi connectivity index (χ1n) is 9.31. The largest absolute Gasteiger partial charge is 0.493 e. The summed E-state index contributed by atoms with van der Waals surface area (Å²) < 4.78 is 11.4. The zero-order chi connectivity index (χ0) is 17.9. The molecule has 0 spiro atoms. The van der Waals surface area contributed by atoms with Crippen molar-refractivity contribution in [2.24, 2.45) is 5.92 Å². The van der Waals surface area contributed by atoms with Crippen LogP contribution in [-0.2, 0) is 11.2 Å². The molecule has 24 heavy (non-hydrogen) atoms. The Morgan fingerprint density at radius 2 is 1.92 bits per heavy atom. The van der Waals surface area contributed by atoms with Crippen LogP contribution in [0.15, 0.2) is 12.1 Å². The maximum Gasteiger partial charge on any atom is 0.173 e. The van der Waals surface area contributed by atoms with Crippen LogP contribution in [0, 0.1) is 5.92 Å². The highest BCUT2D eigenvalue weighted by Gasteiger charge is 2.52. The normalized spacial score (nSPS) is 28.5.